The van der Waals surface area contributed by atoms with Gasteiger partial charge in [0.25, 0.3) is 0 Å². The number of hydrogen-bond acceptors (Lipinski definition) is 1. The van der Waals surface area contributed by atoms with Crippen molar-refractivity contribution >= 4 is 15.9 Å². The molecular weight excluding hydrogens is 262 g/mol. The molecule has 0 unspecified atom stereocenters. The van der Waals surface area contributed by atoms with Crippen molar-refractivity contribution in [1.29, 1.82) is 0 Å². The lowest BCUT2D eigenvalue weighted by Crippen LogP contribution is -2.55. The number of hydrogen-bond donors (Lipinski definition) is 1. The van der Waals surface area contributed by atoms with Gasteiger partial charge in [-0.15, -0.1) is 0 Å². The molecule has 1 aliphatic rings. The topological polar surface area (TPSA) is 12.0 Å². The first-order valence-corrected chi connectivity index (χ1v) is 6.76. The molecule has 0 atom stereocenters. The van der Waals surface area contributed by atoms with Crippen molar-refractivity contribution in [2.75, 3.05) is 0 Å². The minimum absolute atomic E-state index is 0.174. The minimum Gasteiger partial charge on any atom is -0.303 e. The molecular formula is C14H20BrN. The highest BCUT2D eigenvalue weighted by Crippen LogP contribution is 2.42. The molecule has 1 aromatic carbocycles. The lowest BCUT2D eigenvalue weighted by Gasteiger charge is -2.47. The SMILES string of the molecule is CC(C)(C)NC1(c2ccc(Br)cc2)CCC1. The fourth-order valence-corrected chi connectivity index (χ4v) is 2.77. The Hall–Kier alpha value is -0.340. The maximum atomic E-state index is 3.79. The second-order valence-electron chi connectivity index (χ2n) is 5.82. The molecule has 1 aliphatic carbocycles. The van der Waals surface area contributed by atoms with E-state index in [2.05, 4.69) is 66.3 Å². The molecule has 0 spiro atoms. The predicted molar refractivity (Wildman–Crippen MR) is 72.6 cm³/mol. The summed E-state index contributed by atoms with van der Waals surface area (Å²) >= 11 is 3.49. The lowest BCUT2D eigenvalue weighted by atomic mass is 9.70. The maximum Gasteiger partial charge on any atom is 0.0438 e. The smallest absolute Gasteiger partial charge is 0.0438 e. The van der Waals surface area contributed by atoms with Crippen molar-refractivity contribution in [3.05, 3.63) is 34.3 Å². The van der Waals surface area contributed by atoms with E-state index in [0.29, 0.717) is 0 Å². The van der Waals surface area contributed by atoms with Gasteiger partial charge in [-0.3, -0.25) is 0 Å². The zero-order chi connectivity index (χ0) is 11.8. The number of benzene rings is 1. The molecule has 1 saturated carbocycles. The van der Waals surface area contributed by atoms with Crippen LogP contribution in [0.25, 0.3) is 0 Å². The molecule has 1 fully saturated rings. The lowest BCUT2D eigenvalue weighted by molar-refractivity contribution is 0.139. The van der Waals surface area contributed by atoms with Crippen LogP contribution in [0, 0.1) is 0 Å². The fraction of sp³-hybridized carbons (Fsp3) is 0.571. The van der Waals surface area contributed by atoms with E-state index in [-0.39, 0.29) is 11.1 Å². The summed E-state index contributed by atoms with van der Waals surface area (Å²) in [6.45, 7) is 6.73. The Morgan fingerprint density at radius 1 is 1.12 bits per heavy atom. The van der Waals surface area contributed by atoms with Gasteiger partial charge in [-0.1, -0.05) is 28.1 Å². The van der Waals surface area contributed by atoms with Crippen molar-refractivity contribution in [2.24, 2.45) is 0 Å². The van der Waals surface area contributed by atoms with E-state index in [1.807, 2.05) is 0 Å². The Labute approximate surface area is 107 Å². The second-order valence-corrected chi connectivity index (χ2v) is 6.73. The van der Waals surface area contributed by atoms with Crippen LogP contribution >= 0.6 is 15.9 Å². The van der Waals surface area contributed by atoms with Gasteiger partial charge in [-0.2, -0.15) is 0 Å². The summed E-state index contributed by atoms with van der Waals surface area (Å²) in [5, 5.41) is 3.79. The van der Waals surface area contributed by atoms with Crippen LogP contribution in [0.4, 0.5) is 0 Å². The van der Waals surface area contributed by atoms with Crippen LogP contribution in [0.15, 0.2) is 28.7 Å². The first-order valence-electron chi connectivity index (χ1n) is 5.97. The summed E-state index contributed by atoms with van der Waals surface area (Å²) in [5.74, 6) is 0. The van der Waals surface area contributed by atoms with Gasteiger partial charge in [0.1, 0.15) is 0 Å². The van der Waals surface area contributed by atoms with E-state index in [1.165, 1.54) is 24.8 Å². The van der Waals surface area contributed by atoms with Crippen molar-refractivity contribution in [1.82, 2.24) is 5.32 Å². The van der Waals surface area contributed by atoms with Crippen LogP contribution in [-0.2, 0) is 5.54 Å². The van der Waals surface area contributed by atoms with Gasteiger partial charge in [0.05, 0.1) is 0 Å². The second kappa shape index (κ2) is 4.15. The molecule has 2 rings (SSSR count). The largest absolute Gasteiger partial charge is 0.303 e. The Kier molecular flexibility index (Phi) is 3.15. The molecule has 0 saturated heterocycles. The van der Waals surface area contributed by atoms with Crippen molar-refractivity contribution in [3.63, 3.8) is 0 Å². The van der Waals surface area contributed by atoms with Gasteiger partial charge in [0.15, 0.2) is 0 Å². The summed E-state index contributed by atoms with van der Waals surface area (Å²) in [5.41, 5.74) is 1.82. The van der Waals surface area contributed by atoms with E-state index >= 15 is 0 Å². The summed E-state index contributed by atoms with van der Waals surface area (Å²) in [6, 6.07) is 8.75. The average molecular weight is 282 g/mol. The van der Waals surface area contributed by atoms with Crippen LogP contribution in [0.2, 0.25) is 0 Å². The molecule has 0 amide bonds. The third-order valence-corrected chi connectivity index (χ3v) is 3.75. The molecule has 0 aromatic heterocycles. The standard InChI is InChI=1S/C14H20BrN/c1-13(2,3)16-14(9-4-10-14)11-5-7-12(15)8-6-11/h5-8,16H,4,9-10H2,1-3H3. The summed E-state index contributed by atoms with van der Waals surface area (Å²) in [6.07, 6.45) is 3.84. The molecule has 0 bridgehead atoms. The van der Waals surface area contributed by atoms with Gasteiger partial charge in [-0.25, -0.2) is 0 Å². The molecule has 0 radical (unpaired) electrons. The summed E-state index contributed by atoms with van der Waals surface area (Å²) in [7, 11) is 0. The van der Waals surface area contributed by atoms with Crippen LogP contribution in [0.3, 0.4) is 0 Å². The zero-order valence-corrected chi connectivity index (χ0v) is 11.9. The van der Waals surface area contributed by atoms with E-state index < -0.39 is 0 Å². The maximum absolute atomic E-state index is 3.79. The Bertz CT molecular complexity index is 357. The first kappa shape index (κ1) is 12.1. The molecule has 1 aromatic rings. The van der Waals surface area contributed by atoms with Crippen molar-refractivity contribution < 1.29 is 0 Å². The highest BCUT2D eigenvalue weighted by Gasteiger charge is 2.40. The molecule has 0 aliphatic heterocycles. The highest BCUT2D eigenvalue weighted by atomic mass is 79.9. The Morgan fingerprint density at radius 3 is 2.06 bits per heavy atom. The van der Waals surface area contributed by atoms with Gasteiger partial charge in [0.2, 0.25) is 0 Å². The van der Waals surface area contributed by atoms with Crippen LogP contribution < -0.4 is 5.32 Å². The van der Waals surface area contributed by atoms with E-state index in [1.54, 1.807) is 0 Å². The molecule has 2 heteroatoms. The number of nitrogens with one attached hydrogen (secondary N) is 1. The third kappa shape index (κ3) is 2.49. The number of rotatable bonds is 2. The molecule has 1 nitrogen and oxygen atoms in total. The van der Waals surface area contributed by atoms with E-state index in [4.69, 9.17) is 0 Å². The summed E-state index contributed by atoms with van der Waals surface area (Å²) in [4.78, 5) is 0. The fourth-order valence-electron chi connectivity index (χ4n) is 2.50. The van der Waals surface area contributed by atoms with E-state index in [9.17, 15) is 0 Å². The molecule has 0 heterocycles. The normalized spacial score (nSPS) is 19.2. The molecule has 16 heavy (non-hydrogen) atoms. The molecule has 88 valence electrons. The highest BCUT2D eigenvalue weighted by molar-refractivity contribution is 9.10. The monoisotopic (exact) mass is 281 g/mol. The summed E-state index contributed by atoms with van der Waals surface area (Å²) < 4.78 is 1.15. The van der Waals surface area contributed by atoms with Gasteiger partial charge >= 0.3 is 0 Å². The first-order chi connectivity index (χ1) is 7.41. The van der Waals surface area contributed by atoms with Crippen molar-refractivity contribution in [3.8, 4) is 0 Å². The quantitative estimate of drug-likeness (QED) is 0.856. The van der Waals surface area contributed by atoms with Gasteiger partial charge in [0, 0.05) is 15.6 Å². The minimum atomic E-state index is 0.174. The molecule has 1 N–H and O–H groups in total. The van der Waals surface area contributed by atoms with Crippen LogP contribution in [0.1, 0.15) is 45.6 Å². The van der Waals surface area contributed by atoms with Gasteiger partial charge in [-0.05, 0) is 57.7 Å². The Balaban J connectivity index is 2.24. The van der Waals surface area contributed by atoms with Crippen LogP contribution in [0.5, 0.6) is 0 Å². The van der Waals surface area contributed by atoms with E-state index in [0.717, 1.165) is 4.47 Å². The Morgan fingerprint density at radius 2 is 1.69 bits per heavy atom. The van der Waals surface area contributed by atoms with Crippen LogP contribution in [-0.4, -0.2) is 5.54 Å². The predicted octanol–water partition coefficient (Wildman–Crippen LogP) is 4.22. The average Bonchev–Trinajstić information content (AvgIpc) is 2.11. The zero-order valence-electron chi connectivity index (χ0n) is 10.3. The van der Waals surface area contributed by atoms with Gasteiger partial charge < -0.3 is 5.32 Å². The van der Waals surface area contributed by atoms with Crippen molar-refractivity contribution in [2.45, 2.75) is 51.1 Å². The third-order valence-electron chi connectivity index (χ3n) is 3.22. The number of halogens is 1.